The number of Topliss-reactive ketones (excluding diaryl/α,β-unsaturated/α-hetero) is 1. The smallest absolute Gasteiger partial charge is 0.184 e. The van der Waals surface area contributed by atoms with Crippen molar-refractivity contribution >= 4 is 14.1 Å². The Morgan fingerprint density at radius 2 is 1.48 bits per heavy atom. The number of carbonyl (C=O) groups excluding carboxylic acids is 1. The molecule has 2 N–H and O–H groups in total. The van der Waals surface area contributed by atoms with Crippen LogP contribution in [0.2, 0.25) is 19.6 Å². The van der Waals surface area contributed by atoms with E-state index in [0.717, 1.165) is 51.4 Å². The second kappa shape index (κ2) is 14.2. The van der Waals surface area contributed by atoms with E-state index in [1.807, 2.05) is 6.08 Å². The monoisotopic (exact) mass is 626 g/mol. The van der Waals surface area contributed by atoms with Crippen LogP contribution < -0.4 is 0 Å². The van der Waals surface area contributed by atoms with Gasteiger partial charge in [0, 0.05) is 12.3 Å². The summed E-state index contributed by atoms with van der Waals surface area (Å²) < 4.78 is 6.25. The summed E-state index contributed by atoms with van der Waals surface area (Å²) in [5.41, 5.74) is 2.45. The summed E-state index contributed by atoms with van der Waals surface area (Å²) in [7, 11) is -1.54. The zero-order valence-electron chi connectivity index (χ0n) is 30.1. The second-order valence-corrected chi connectivity index (χ2v) is 21.5. The predicted molar refractivity (Wildman–Crippen MR) is 188 cm³/mol. The van der Waals surface area contributed by atoms with Gasteiger partial charge in [0.15, 0.2) is 8.32 Å². The Morgan fingerprint density at radius 1 is 0.932 bits per heavy atom. The fraction of sp³-hybridized carbons (Fsp3) is 0.769. The zero-order chi connectivity index (χ0) is 33.1. The standard InChI is InChI=1S/C21H36O2Si.C18H30O2/c1-16(10-8-14-20(2,3)23-24(5,6)7)17-12-13-18-19(22)11-9-15-21(17,18)4;1-13(7-5-11-17(2,3)20)14-9-10-15-16(19)8-6-12-18(14,15)4/h8,12,14,16,18H,9-11,13,15H2,1-7H3;5,9,11,13,15-16,19-20H,6-8,10,12H2,1-4H3/b14-8+;11-5+/t16-,18?,21+;13-,15?,16-,18+/m00/s1. The molecule has 0 radical (unpaired) electrons. The summed E-state index contributed by atoms with van der Waals surface area (Å²) in [4.78, 5) is 12.3. The topological polar surface area (TPSA) is 66.8 Å². The van der Waals surface area contributed by atoms with Gasteiger partial charge in [-0.1, -0.05) is 75.3 Å². The highest BCUT2D eigenvalue weighted by Gasteiger charge is 2.48. The number of aliphatic hydroxyl groups excluding tert-OH is 1. The SMILES string of the molecule is C[C@@H](C/C=C/C(C)(C)O)C1=CCC2[C@@H](O)CCC[C@]12C.C[C@@H](C/C=C/C(C)(C)O[Si](C)(C)C)C1=CCC2C(=O)CCC[C@]12C. The lowest BCUT2D eigenvalue weighted by molar-refractivity contribution is -0.128. The van der Waals surface area contributed by atoms with Gasteiger partial charge >= 0.3 is 0 Å². The highest BCUT2D eigenvalue weighted by Crippen LogP contribution is 2.55. The molecule has 44 heavy (non-hydrogen) atoms. The van der Waals surface area contributed by atoms with Gasteiger partial charge in [0.05, 0.1) is 17.3 Å². The lowest BCUT2D eigenvalue weighted by Crippen LogP contribution is -2.39. The maximum absolute atomic E-state index is 12.3. The predicted octanol–water partition coefficient (Wildman–Crippen LogP) is 9.74. The first-order valence-electron chi connectivity index (χ1n) is 17.6. The molecule has 0 bridgehead atoms. The first kappa shape index (κ1) is 37.2. The largest absolute Gasteiger partial charge is 0.409 e. The lowest BCUT2D eigenvalue weighted by Gasteiger charge is -2.43. The molecule has 0 heterocycles. The van der Waals surface area contributed by atoms with Gasteiger partial charge in [-0.3, -0.25) is 4.79 Å². The van der Waals surface area contributed by atoms with Crippen LogP contribution in [0.25, 0.3) is 0 Å². The minimum Gasteiger partial charge on any atom is -0.409 e. The summed E-state index contributed by atoms with van der Waals surface area (Å²) in [5, 5.41) is 20.0. The molecule has 2 unspecified atom stereocenters. The van der Waals surface area contributed by atoms with E-state index in [2.05, 4.69) is 91.6 Å². The average Bonchev–Trinajstić information content (AvgIpc) is 3.40. The van der Waals surface area contributed by atoms with Crippen LogP contribution in [-0.4, -0.2) is 41.6 Å². The van der Waals surface area contributed by atoms with Gasteiger partial charge < -0.3 is 14.6 Å². The lowest BCUT2D eigenvalue weighted by atomic mass is 9.63. The Kier molecular flexibility index (Phi) is 12.0. The van der Waals surface area contributed by atoms with Crippen molar-refractivity contribution < 1.29 is 19.4 Å². The van der Waals surface area contributed by atoms with Crippen LogP contribution >= 0.6 is 0 Å². The molecular weight excluding hydrogens is 561 g/mol. The highest BCUT2D eigenvalue weighted by atomic mass is 28.4. The zero-order valence-corrected chi connectivity index (χ0v) is 31.1. The van der Waals surface area contributed by atoms with Crippen molar-refractivity contribution in [2.45, 2.75) is 157 Å². The van der Waals surface area contributed by atoms with Crippen molar-refractivity contribution in [1.29, 1.82) is 0 Å². The number of rotatable bonds is 10. The number of hydrogen-bond acceptors (Lipinski definition) is 4. The van der Waals surface area contributed by atoms with Crippen molar-refractivity contribution in [3.63, 3.8) is 0 Å². The summed E-state index contributed by atoms with van der Waals surface area (Å²) in [5.74, 6) is 2.16. The Balaban J connectivity index is 0.000000244. The third kappa shape index (κ3) is 9.39. The molecule has 250 valence electrons. The Morgan fingerprint density at radius 3 is 2.07 bits per heavy atom. The number of fused-ring (bicyclic) bond motifs is 2. The molecule has 4 aliphatic rings. The van der Waals surface area contributed by atoms with Crippen molar-refractivity contribution in [2.24, 2.45) is 34.5 Å². The number of hydrogen-bond donors (Lipinski definition) is 2. The number of aliphatic hydroxyl groups is 2. The molecule has 4 nitrogen and oxygen atoms in total. The minimum atomic E-state index is -1.54. The van der Waals surface area contributed by atoms with Gasteiger partial charge in [-0.15, -0.1) is 0 Å². The first-order valence-corrected chi connectivity index (χ1v) is 21.0. The summed E-state index contributed by atoms with van der Waals surface area (Å²) in [6, 6.07) is 0. The molecule has 0 saturated heterocycles. The van der Waals surface area contributed by atoms with Crippen LogP contribution in [0.1, 0.15) is 120 Å². The van der Waals surface area contributed by atoms with Crippen molar-refractivity contribution in [2.75, 3.05) is 0 Å². The van der Waals surface area contributed by atoms with E-state index in [4.69, 9.17) is 4.43 Å². The molecule has 4 rings (SSSR count). The van der Waals surface area contributed by atoms with E-state index in [1.54, 1.807) is 13.8 Å². The quantitative estimate of drug-likeness (QED) is 0.187. The van der Waals surface area contributed by atoms with Crippen LogP contribution in [0.3, 0.4) is 0 Å². The summed E-state index contributed by atoms with van der Waals surface area (Å²) in [6.07, 6.45) is 23.4. The van der Waals surface area contributed by atoms with Gasteiger partial charge in [-0.2, -0.15) is 0 Å². The van der Waals surface area contributed by atoms with Crippen molar-refractivity contribution in [1.82, 2.24) is 0 Å². The van der Waals surface area contributed by atoms with Crippen LogP contribution in [0.5, 0.6) is 0 Å². The maximum atomic E-state index is 12.3. The molecule has 5 heteroatoms. The molecular formula is C39H66O4Si. The van der Waals surface area contributed by atoms with Gasteiger partial charge in [0.25, 0.3) is 0 Å². The fourth-order valence-corrected chi connectivity index (χ4v) is 10.7. The molecule has 2 fully saturated rings. The van der Waals surface area contributed by atoms with Crippen LogP contribution in [0, 0.1) is 34.5 Å². The summed E-state index contributed by atoms with van der Waals surface area (Å²) >= 11 is 0. The third-order valence-corrected chi connectivity index (χ3v) is 12.0. The van der Waals surface area contributed by atoms with Gasteiger partial charge in [-0.25, -0.2) is 0 Å². The molecule has 4 aliphatic carbocycles. The van der Waals surface area contributed by atoms with Gasteiger partial charge in [0.1, 0.15) is 5.78 Å². The molecule has 0 amide bonds. The average molecular weight is 627 g/mol. The molecule has 7 atom stereocenters. The van der Waals surface area contributed by atoms with E-state index in [-0.39, 0.29) is 28.5 Å². The Bertz CT molecular complexity index is 1120. The van der Waals surface area contributed by atoms with E-state index < -0.39 is 13.9 Å². The van der Waals surface area contributed by atoms with Crippen LogP contribution in [0.4, 0.5) is 0 Å². The molecule has 0 aliphatic heterocycles. The summed E-state index contributed by atoms with van der Waals surface area (Å²) in [6.45, 7) is 23.9. The van der Waals surface area contributed by atoms with E-state index in [0.29, 0.717) is 23.5 Å². The second-order valence-electron chi connectivity index (χ2n) is 17.1. The molecule has 2 saturated carbocycles. The van der Waals surface area contributed by atoms with Gasteiger partial charge in [0.2, 0.25) is 0 Å². The van der Waals surface area contributed by atoms with E-state index in [1.165, 1.54) is 24.0 Å². The van der Waals surface area contributed by atoms with Gasteiger partial charge in [-0.05, 0) is 134 Å². The minimum absolute atomic E-state index is 0.118. The molecule has 0 aromatic carbocycles. The number of ketones is 1. The number of allylic oxidation sites excluding steroid dienone is 6. The van der Waals surface area contributed by atoms with Crippen LogP contribution in [-0.2, 0) is 9.22 Å². The first-order chi connectivity index (χ1) is 20.2. The Labute approximate surface area is 271 Å². The molecule has 0 aromatic rings. The number of carbonyl (C=O) groups is 1. The van der Waals surface area contributed by atoms with Crippen molar-refractivity contribution in [3.8, 4) is 0 Å². The third-order valence-electron chi connectivity index (χ3n) is 10.9. The highest BCUT2D eigenvalue weighted by molar-refractivity contribution is 6.69. The van der Waals surface area contributed by atoms with E-state index >= 15 is 0 Å². The fourth-order valence-electron chi connectivity index (χ4n) is 9.02. The molecule has 0 spiro atoms. The molecule has 0 aromatic heterocycles. The Hall–Kier alpha value is -1.27. The van der Waals surface area contributed by atoms with Crippen molar-refractivity contribution in [3.05, 3.63) is 47.6 Å². The maximum Gasteiger partial charge on any atom is 0.184 e. The van der Waals surface area contributed by atoms with E-state index in [9.17, 15) is 15.0 Å². The van der Waals surface area contributed by atoms with Crippen LogP contribution in [0.15, 0.2) is 47.6 Å². The normalized spacial score (nSPS) is 32.6.